The molecule has 2 N–H and O–H groups in total. The predicted molar refractivity (Wildman–Crippen MR) is 195 cm³/mol. The number of carbonyl (C=O) groups is 2. The van der Waals surface area contributed by atoms with E-state index in [0.29, 0.717) is 25.7 Å². The van der Waals surface area contributed by atoms with Crippen molar-refractivity contribution < 1.29 is 9.59 Å². The first-order chi connectivity index (χ1) is 22.2. The molecule has 0 aliphatic rings. The van der Waals surface area contributed by atoms with Gasteiger partial charge in [0.1, 0.15) is 0 Å². The standard InChI is InChI=1S/C38H64N6O2/c1-9-41(10-2)27-31-21-32(28-42(11-3)12-4)24-35(23-31)39-37(45)19-17-18-20-38(46)40-36-25-33(29-43(13-5)14-6)22-34(26-36)30-44(15-7)16-8/h21-26H,9-20,27-30H2,1-8H3,(H,39,45)(H,40,46). The van der Waals surface area contributed by atoms with Crippen molar-refractivity contribution in [3.63, 3.8) is 0 Å². The van der Waals surface area contributed by atoms with Gasteiger partial charge in [0.25, 0.3) is 0 Å². The highest BCUT2D eigenvalue weighted by Gasteiger charge is 2.12. The molecule has 0 saturated heterocycles. The van der Waals surface area contributed by atoms with Crippen LogP contribution in [0, 0.1) is 0 Å². The van der Waals surface area contributed by atoms with Crippen LogP contribution in [-0.4, -0.2) is 83.8 Å². The molecule has 0 atom stereocenters. The molecule has 0 spiro atoms. The summed E-state index contributed by atoms with van der Waals surface area (Å²) in [6.45, 7) is 28.9. The van der Waals surface area contributed by atoms with Gasteiger partial charge in [0.15, 0.2) is 0 Å². The molecule has 0 radical (unpaired) electrons. The molecule has 0 fully saturated rings. The van der Waals surface area contributed by atoms with E-state index in [4.69, 9.17) is 0 Å². The summed E-state index contributed by atoms with van der Waals surface area (Å²) in [6.07, 6.45) is 2.12. The third kappa shape index (κ3) is 14.3. The first-order valence-corrected chi connectivity index (χ1v) is 17.9. The van der Waals surface area contributed by atoms with Gasteiger partial charge in [-0.25, -0.2) is 0 Å². The molecular weight excluding hydrogens is 572 g/mol. The molecule has 8 nitrogen and oxygen atoms in total. The van der Waals surface area contributed by atoms with E-state index >= 15 is 0 Å². The van der Waals surface area contributed by atoms with Crippen LogP contribution in [0.4, 0.5) is 11.4 Å². The van der Waals surface area contributed by atoms with Crippen molar-refractivity contribution >= 4 is 23.2 Å². The Morgan fingerprint density at radius 3 is 0.891 bits per heavy atom. The second-order valence-corrected chi connectivity index (χ2v) is 12.2. The molecule has 2 aromatic carbocycles. The highest BCUT2D eigenvalue weighted by atomic mass is 16.2. The largest absolute Gasteiger partial charge is 0.326 e. The van der Waals surface area contributed by atoms with E-state index in [1.807, 2.05) is 0 Å². The first-order valence-electron chi connectivity index (χ1n) is 17.9. The summed E-state index contributed by atoms with van der Waals surface area (Å²) >= 11 is 0. The zero-order valence-corrected chi connectivity index (χ0v) is 30.4. The van der Waals surface area contributed by atoms with Crippen molar-refractivity contribution in [2.75, 3.05) is 63.0 Å². The van der Waals surface area contributed by atoms with Crippen LogP contribution >= 0.6 is 0 Å². The number of hydrogen-bond donors (Lipinski definition) is 2. The van der Waals surface area contributed by atoms with Crippen molar-refractivity contribution in [3.05, 3.63) is 58.7 Å². The summed E-state index contributed by atoms with van der Waals surface area (Å²) in [4.78, 5) is 35.5. The number of amides is 2. The average Bonchev–Trinajstić information content (AvgIpc) is 3.05. The Labute approximate surface area is 280 Å². The zero-order valence-electron chi connectivity index (χ0n) is 30.4. The molecule has 0 aliphatic carbocycles. The molecule has 8 heteroatoms. The van der Waals surface area contributed by atoms with Gasteiger partial charge in [-0.3, -0.25) is 29.2 Å². The van der Waals surface area contributed by atoms with Crippen LogP contribution in [-0.2, 0) is 35.8 Å². The minimum absolute atomic E-state index is 0.000616. The number of nitrogens with one attached hydrogen (secondary N) is 2. The van der Waals surface area contributed by atoms with Crippen molar-refractivity contribution in [2.45, 2.75) is 107 Å². The van der Waals surface area contributed by atoms with E-state index in [-0.39, 0.29) is 11.8 Å². The molecule has 0 unspecified atom stereocenters. The van der Waals surface area contributed by atoms with E-state index in [1.54, 1.807) is 0 Å². The van der Waals surface area contributed by atoms with Crippen molar-refractivity contribution in [1.29, 1.82) is 0 Å². The lowest BCUT2D eigenvalue weighted by molar-refractivity contribution is -0.118. The molecular formula is C38H64N6O2. The van der Waals surface area contributed by atoms with Crippen LogP contribution in [0.2, 0.25) is 0 Å². The molecule has 0 heterocycles. The molecule has 0 aliphatic heterocycles. The van der Waals surface area contributed by atoms with Crippen molar-refractivity contribution in [2.24, 2.45) is 0 Å². The van der Waals surface area contributed by atoms with E-state index in [1.165, 1.54) is 22.3 Å². The number of nitrogens with zero attached hydrogens (tertiary/aromatic N) is 4. The van der Waals surface area contributed by atoms with E-state index in [0.717, 1.165) is 89.9 Å². The summed E-state index contributed by atoms with van der Waals surface area (Å²) in [5.74, 6) is -0.00123. The summed E-state index contributed by atoms with van der Waals surface area (Å²) < 4.78 is 0. The number of benzene rings is 2. The summed E-state index contributed by atoms with van der Waals surface area (Å²) in [5, 5.41) is 6.29. The lowest BCUT2D eigenvalue weighted by Gasteiger charge is -2.22. The minimum atomic E-state index is -0.000616. The normalized spacial score (nSPS) is 11.7. The molecule has 2 amide bonds. The highest BCUT2D eigenvalue weighted by molar-refractivity contribution is 5.92. The summed E-state index contributed by atoms with van der Waals surface area (Å²) in [7, 11) is 0. The predicted octanol–water partition coefficient (Wildman–Crippen LogP) is 7.19. The molecule has 0 bridgehead atoms. The van der Waals surface area contributed by atoms with Gasteiger partial charge in [-0.1, -0.05) is 67.5 Å². The quantitative estimate of drug-likeness (QED) is 0.126. The van der Waals surface area contributed by atoms with Crippen LogP contribution in [0.15, 0.2) is 36.4 Å². The fraction of sp³-hybridized carbons (Fsp3) is 0.632. The Hall–Kier alpha value is -2.78. The third-order valence-electron chi connectivity index (χ3n) is 8.93. The van der Waals surface area contributed by atoms with Crippen LogP contribution in [0.5, 0.6) is 0 Å². The Balaban J connectivity index is 1.98. The summed E-state index contributed by atoms with van der Waals surface area (Å²) in [5.41, 5.74) is 6.62. The Bertz CT molecular complexity index is 1010. The zero-order chi connectivity index (χ0) is 33.9. The monoisotopic (exact) mass is 637 g/mol. The Morgan fingerprint density at radius 2 is 0.674 bits per heavy atom. The van der Waals surface area contributed by atoms with Crippen LogP contribution < -0.4 is 10.6 Å². The van der Waals surface area contributed by atoms with E-state index < -0.39 is 0 Å². The van der Waals surface area contributed by atoms with Gasteiger partial charge >= 0.3 is 0 Å². The van der Waals surface area contributed by atoms with Crippen molar-refractivity contribution in [3.8, 4) is 0 Å². The van der Waals surface area contributed by atoms with Gasteiger partial charge in [-0.05, 0) is 112 Å². The van der Waals surface area contributed by atoms with Gasteiger partial charge in [-0.2, -0.15) is 0 Å². The fourth-order valence-electron chi connectivity index (χ4n) is 5.87. The second kappa shape index (κ2) is 21.9. The lowest BCUT2D eigenvalue weighted by atomic mass is 10.1. The maximum Gasteiger partial charge on any atom is 0.224 e. The van der Waals surface area contributed by atoms with Crippen molar-refractivity contribution in [1.82, 2.24) is 19.6 Å². The summed E-state index contributed by atoms with van der Waals surface area (Å²) in [6, 6.07) is 13.0. The van der Waals surface area contributed by atoms with Gasteiger partial charge in [0.05, 0.1) is 0 Å². The minimum Gasteiger partial charge on any atom is -0.326 e. The smallest absolute Gasteiger partial charge is 0.224 e. The second-order valence-electron chi connectivity index (χ2n) is 12.2. The molecule has 0 aromatic heterocycles. The Morgan fingerprint density at radius 1 is 0.435 bits per heavy atom. The Kier molecular flexibility index (Phi) is 18.8. The van der Waals surface area contributed by atoms with Gasteiger partial charge in [0.2, 0.25) is 11.8 Å². The molecule has 258 valence electrons. The van der Waals surface area contributed by atoms with Gasteiger partial charge < -0.3 is 10.6 Å². The maximum absolute atomic E-state index is 12.9. The SMILES string of the molecule is CCN(CC)Cc1cc(CN(CC)CC)cc(NC(=O)CCCCC(=O)Nc2cc(CN(CC)CC)cc(CN(CC)CC)c2)c1. The van der Waals surface area contributed by atoms with Crippen LogP contribution in [0.25, 0.3) is 0 Å². The molecule has 0 saturated carbocycles. The topological polar surface area (TPSA) is 71.2 Å². The van der Waals surface area contributed by atoms with E-state index in [9.17, 15) is 9.59 Å². The highest BCUT2D eigenvalue weighted by Crippen LogP contribution is 2.21. The number of anilines is 2. The number of hydrogen-bond acceptors (Lipinski definition) is 6. The molecule has 46 heavy (non-hydrogen) atoms. The maximum atomic E-state index is 12.9. The molecule has 2 aromatic rings. The first kappa shape index (κ1) is 39.4. The fourth-order valence-corrected chi connectivity index (χ4v) is 5.87. The number of carbonyl (C=O) groups excluding carboxylic acids is 2. The van der Waals surface area contributed by atoms with Gasteiger partial charge in [-0.15, -0.1) is 0 Å². The van der Waals surface area contributed by atoms with Crippen LogP contribution in [0.1, 0.15) is 103 Å². The third-order valence-corrected chi connectivity index (χ3v) is 8.93. The molecule has 2 rings (SSSR count). The lowest BCUT2D eigenvalue weighted by Crippen LogP contribution is -2.24. The number of rotatable bonds is 23. The van der Waals surface area contributed by atoms with Crippen LogP contribution in [0.3, 0.4) is 0 Å². The van der Waals surface area contributed by atoms with E-state index in [2.05, 4.69) is 122 Å². The number of unbranched alkanes of at least 4 members (excludes halogenated alkanes) is 1. The van der Waals surface area contributed by atoms with Gasteiger partial charge in [0, 0.05) is 50.4 Å². The average molecular weight is 637 g/mol.